The van der Waals surface area contributed by atoms with Crippen LogP contribution in [0.4, 0.5) is 0 Å². The van der Waals surface area contributed by atoms with E-state index in [0.29, 0.717) is 43.1 Å². The third-order valence-electron chi connectivity index (χ3n) is 2.90. The summed E-state index contributed by atoms with van der Waals surface area (Å²) in [6, 6.07) is 0. The predicted molar refractivity (Wildman–Crippen MR) is 101 cm³/mol. The molecule has 21 heavy (non-hydrogen) atoms. The first-order valence-corrected chi connectivity index (χ1v) is 14.1. The molecule has 0 atom stereocenters. The van der Waals surface area contributed by atoms with Crippen molar-refractivity contribution in [3.05, 3.63) is 25.9 Å². The van der Waals surface area contributed by atoms with E-state index >= 15 is 0 Å². The molecule has 2 nitrogen and oxygen atoms in total. The van der Waals surface area contributed by atoms with E-state index in [-0.39, 0.29) is 0 Å². The average molecular weight is 490 g/mol. The molecule has 0 aromatic heterocycles. The Kier molecular flexibility index (Phi) is 7.14. The van der Waals surface area contributed by atoms with Crippen LogP contribution in [-0.4, -0.2) is 53.3 Å². The summed E-state index contributed by atoms with van der Waals surface area (Å²) in [6.07, 6.45) is 3.88. The van der Waals surface area contributed by atoms with Crippen molar-refractivity contribution < 1.29 is 10.2 Å². The van der Waals surface area contributed by atoms with Crippen LogP contribution >= 0.6 is 47.0 Å². The van der Waals surface area contributed by atoms with E-state index in [9.17, 15) is 0 Å². The van der Waals surface area contributed by atoms with Gasteiger partial charge in [-0.2, -0.15) is 0 Å². The summed E-state index contributed by atoms with van der Waals surface area (Å²) in [5.74, 6) is 0. The van der Waals surface area contributed by atoms with Gasteiger partial charge in [-0.25, -0.2) is 0 Å². The van der Waals surface area contributed by atoms with Crippen molar-refractivity contribution in [3.8, 4) is 0 Å². The SMILES string of the molecule is OCC[Se]C1=C([Se]CCO)SC(=C2SC3=C(CCC3)S2)S1. The van der Waals surface area contributed by atoms with Gasteiger partial charge in [-0.05, 0) is 0 Å². The van der Waals surface area contributed by atoms with E-state index in [1.807, 2.05) is 47.0 Å². The monoisotopic (exact) mass is 492 g/mol. The topological polar surface area (TPSA) is 40.5 Å². The van der Waals surface area contributed by atoms with Crippen LogP contribution in [0.2, 0.25) is 10.6 Å². The van der Waals surface area contributed by atoms with Gasteiger partial charge in [0.25, 0.3) is 0 Å². The minimum atomic E-state index is 0.292. The predicted octanol–water partition coefficient (Wildman–Crippen LogP) is 3.82. The maximum atomic E-state index is 9.09. The normalized spacial score (nSPS) is 22.0. The molecule has 2 N–H and O–H groups in total. The second-order valence-electron chi connectivity index (χ2n) is 4.40. The van der Waals surface area contributed by atoms with E-state index in [2.05, 4.69) is 0 Å². The van der Waals surface area contributed by atoms with Gasteiger partial charge in [0, 0.05) is 0 Å². The van der Waals surface area contributed by atoms with Crippen LogP contribution in [0, 0.1) is 0 Å². The van der Waals surface area contributed by atoms with E-state index in [4.69, 9.17) is 10.2 Å². The first-order chi connectivity index (χ1) is 10.3. The molecule has 0 aromatic carbocycles. The first-order valence-electron chi connectivity index (χ1n) is 6.71. The zero-order chi connectivity index (χ0) is 14.7. The standard InChI is InChI=1S/C13H16O2S4Se2/c14-4-6-20-12-13(21-7-5-15)19-11(18-12)10-16-8-2-1-3-9(8)17-10/h14-15H,1-7H2. The summed E-state index contributed by atoms with van der Waals surface area (Å²) in [4.78, 5) is 3.22. The maximum absolute atomic E-state index is 9.09. The Balaban J connectivity index is 1.68. The molecule has 0 fully saturated rings. The van der Waals surface area contributed by atoms with Crippen molar-refractivity contribution in [1.29, 1.82) is 0 Å². The van der Waals surface area contributed by atoms with Gasteiger partial charge in [-0.1, -0.05) is 0 Å². The Bertz CT molecular complexity index is 476. The second-order valence-corrected chi connectivity index (χ2v) is 15.0. The molecule has 3 rings (SSSR count). The summed E-state index contributed by atoms with van der Waals surface area (Å²) in [6.45, 7) is 0.584. The third-order valence-corrected chi connectivity index (χ3v) is 15.5. The molecule has 0 saturated heterocycles. The molecule has 2 heterocycles. The van der Waals surface area contributed by atoms with E-state index in [0.717, 1.165) is 10.6 Å². The molecule has 2 aliphatic heterocycles. The Hall–Kier alpha value is 1.58. The average Bonchev–Trinajstić information content (AvgIpc) is 3.16. The second kappa shape index (κ2) is 8.61. The summed E-state index contributed by atoms with van der Waals surface area (Å²) >= 11 is 8.69. The van der Waals surface area contributed by atoms with Crippen molar-refractivity contribution in [2.45, 2.75) is 29.9 Å². The Morgan fingerprint density at radius 2 is 1.24 bits per heavy atom. The van der Waals surface area contributed by atoms with Crippen molar-refractivity contribution in [2.75, 3.05) is 13.2 Å². The first kappa shape index (κ1) is 17.4. The molecule has 0 bridgehead atoms. The van der Waals surface area contributed by atoms with Gasteiger partial charge in [0.1, 0.15) is 0 Å². The Morgan fingerprint density at radius 1 is 0.762 bits per heavy atom. The number of rotatable bonds is 6. The van der Waals surface area contributed by atoms with Gasteiger partial charge in [0.2, 0.25) is 0 Å². The van der Waals surface area contributed by atoms with Gasteiger partial charge >= 0.3 is 156 Å². The Labute approximate surface area is 155 Å². The molecular formula is C13H16O2S4Se2. The number of allylic oxidation sites excluding steroid dienone is 2. The summed E-state index contributed by atoms with van der Waals surface area (Å²) in [5, 5.41) is 20.0. The molecule has 8 heteroatoms. The molecule has 116 valence electrons. The summed E-state index contributed by atoms with van der Waals surface area (Å²) < 4.78 is 5.96. The van der Waals surface area contributed by atoms with Crippen LogP contribution in [0.5, 0.6) is 0 Å². The summed E-state index contributed by atoms with van der Waals surface area (Å²) in [7, 11) is 0. The van der Waals surface area contributed by atoms with Crippen LogP contribution < -0.4 is 0 Å². The number of hydrogen-bond acceptors (Lipinski definition) is 6. The molecule has 0 spiro atoms. The van der Waals surface area contributed by atoms with Crippen molar-refractivity contribution in [1.82, 2.24) is 0 Å². The fourth-order valence-corrected chi connectivity index (χ4v) is 14.8. The third kappa shape index (κ3) is 4.36. The van der Waals surface area contributed by atoms with Gasteiger partial charge in [0.15, 0.2) is 0 Å². The van der Waals surface area contributed by atoms with Crippen molar-refractivity contribution in [2.24, 2.45) is 0 Å². The van der Waals surface area contributed by atoms with Gasteiger partial charge < -0.3 is 0 Å². The van der Waals surface area contributed by atoms with E-state index in [1.54, 1.807) is 9.81 Å². The fraction of sp³-hybridized carbons (Fsp3) is 0.538. The van der Waals surface area contributed by atoms with E-state index in [1.165, 1.54) is 35.3 Å². The number of thioether (sulfide) groups is 4. The van der Waals surface area contributed by atoms with Crippen LogP contribution in [0.25, 0.3) is 0 Å². The molecule has 1 aliphatic carbocycles. The quantitative estimate of drug-likeness (QED) is 0.552. The summed E-state index contributed by atoms with van der Waals surface area (Å²) in [5.41, 5.74) is 0. The molecule has 0 aromatic rings. The molecule has 0 amide bonds. The number of aliphatic hydroxyl groups excluding tert-OH is 2. The van der Waals surface area contributed by atoms with Crippen LogP contribution in [-0.2, 0) is 0 Å². The van der Waals surface area contributed by atoms with Crippen molar-refractivity contribution >= 4 is 77.0 Å². The molecule has 0 unspecified atom stereocenters. The van der Waals surface area contributed by atoms with Gasteiger partial charge in [-0.15, -0.1) is 0 Å². The van der Waals surface area contributed by atoms with Gasteiger partial charge in [-0.3, -0.25) is 0 Å². The number of hydrogen-bond donors (Lipinski definition) is 2. The zero-order valence-electron chi connectivity index (χ0n) is 11.3. The van der Waals surface area contributed by atoms with E-state index < -0.39 is 0 Å². The van der Waals surface area contributed by atoms with Crippen LogP contribution in [0.3, 0.4) is 0 Å². The molecule has 0 saturated carbocycles. The molecular weight excluding hydrogens is 474 g/mol. The van der Waals surface area contributed by atoms with Crippen LogP contribution in [0.1, 0.15) is 19.3 Å². The minimum absolute atomic E-state index is 0.292. The molecule has 3 aliphatic rings. The fourth-order valence-electron chi connectivity index (χ4n) is 2.04. The van der Waals surface area contributed by atoms with Crippen molar-refractivity contribution in [3.63, 3.8) is 0 Å². The van der Waals surface area contributed by atoms with Crippen LogP contribution in [0.15, 0.2) is 25.9 Å². The Morgan fingerprint density at radius 3 is 1.71 bits per heavy atom. The zero-order valence-corrected chi connectivity index (χ0v) is 18.0. The molecule has 0 radical (unpaired) electrons. The number of aliphatic hydroxyl groups is 2. The van der Waals surface area contributed by atoms with Gasteiger partial charge in [0.05, 0.1) is 0 Å².